The highest BCUT2D eigenvalue weighted by Crippen LogP contribution is 2.34. The van der Waals surface area contributed by atoms with Gasteiger partial charge in [-0.3, -0.25) is 14.5 Å². The molecule has 9 nitrogen and oxygen atoms in total. The average molecular weight is 591 g/mol. The number of benzene rings is 2. The number of nitrogens with zero attached hydrogens (tertiary/aromatic N) is 6. The minimum Gasteiger partial charge on any atom is -0.480 e. The molecule has 1 saturated heterocycles. The number of rotatable bonds is 7. The zero-order valence-corrected chi connectivity index (χ0v) is 25.7. The first-order valence-electron chi connectivity index (χ1n) is 15.1. The number of fused-ring (bicyclic) bond motifs is 3. The van der Waals surface area contributed by atoms with Crippen molar-refractivity contribution in [3.8, 4) is 22.4 Å². The van der Waals surface area contributed by atoms with E-state index in [-0.39, 0.29) is 18.4 Å². The molecule has 0 bridgehead atoms. The first-order valence-corrected chi connectivity index (χ1v) is 15.1. The Morgan fingerprint density at radius 1 is 0.977 bits per heavy atom. The third-order valence-electron chi connectivity index (χ3n) is 8.40. The Hall–Kier alpha value is -4.63. The van der Waals surface area contributed by atoms with E-state index in [1.54, 1.807) is 0 Å². The number of piperidine rings is 1. The number of hydrogen-bond acceptors (Lipinski definition) is 6. The van der Waals surface area contributed by atoms with E-state index in [4.69, 9.17) is 4.98 Å². The topological polar surface area (TPSA) is 104 Å². The number of amides is 1. The lowest BCUT2D eigenvalue weighted by Crippen LogP contribution is -2.52. The Labute approximate surface area is 257 Å². The number of hydrogen-bond donors (Lipinski definition) is 1. The highest BCUT2D eigenvalue weighted by molar-refractivity contribution is 5.90. The van der Waals surface area contributed by atoms with Crippen LogP contribution in [0, 0.1) is 12.8 Å². The van der Waals surface area contributed by atoms with Gasteiger partial charge >= 0.3 is 5.97 Å². The summed E-state index contributed by atoms with van der Waals surface area (Å²) in [5.41, 5.74) is 7.13. The quantitative estimate of drug-likeness (QED) is 0.254. The minimum absolute atomic E-state index is 0.0562. The van der Waals surface area contributed by atoms with Crippen molar-refractivity contribution in [3.05, 3.63) is 84.2 Å². The van der Waals surface area contributed by atoms with Gasteiger partial charge in [-0.05, 0) is 70.8 Å². The highest BCUT2D eigenvalue weighted by Gasteiger charge is 2.34. The Balaban J connectivity index is 1.21. The lowest BCUT2D eigenvalue weighted by Gasteiger charge is -2.39. The van der Waals surface area contributed by atoms with E-state index < -0.39 is 11.5 Å². The lowest BCUT2D eigenvalue weighted by molar-refractivity contribution is -0.151. The Morgan fingerprint density at radius 2 is 1.68 bits per heavy atom. The zero-order valence-electron chi connectivity index (χ0n) is 25.7. The van der Waals surface area contributed by atoms with Gasteiger partial charge < -0.3 is 10.0 Å². The normalized spacial score (nSPS) is 14.7. The molecule has 0 unspecified atom stereocenters. The van der Waals surface area contributed by atoms with Crippen LogP contribution in [0.1, 0.15) is 44.9 Å². The van der Waals surface area contributed by atoms with Gasteiger partial charge in [0.2, 0.25) is 5.91 Å². The molecule has 3 aromatic heterocycles. The van der Waals surface area contributed by atoms with Crippen molar-refractivity contribution in [1.82, 2.24) is 29.4 Å². The predicted octanol–water partition coefficient (Wildman–Crippen LogP) is 5.84. The SMILES string of the molecule is Cc1cc2ncc3cc(-c4ccccc4)c(-c4ccc(CN5CCC(C(=O)N(CC(=O)O)C(C)(C)C)CC5)cc4)nc3n2n1. The number of aliphatic carboxylic acids is 1. The van der Waals surface area contributed by atoms with Crippen molar-refractivity contribution >= 4 is 28.6 Å². The molecule has 1 aliphatic rings. The maximum Gasteiger partial charge on any atom is 0.323 e. The van der Waals surface area contributed by atoms with Crippen molar-refractivity contribution in [1.29, 1.82) is 0 Å². The molecule has 1 N–H and O–H groups in total. The van der Waals surface area contributed by atoms with Crippen LogP contribution in [0.2, 0.25) is 0 Å². The van der Waals surface area contributed by atoms with E-state index in [1.807, 2.05) is 62.7 Å². The van der Waals surface area contributed by atoms with Crippen molar-refractivity contribution in [2.24, 2.45) is 5.92 Å². The number of pyridine rings is 1. The fraction of sp³-hybridized carbons (Fsp3) is 0.343. The van der Waals surface area contributed by atoms with Gasteiger partial charge in [0.1, 0.15) is 6.54 Å². The molecule has 0 saturated carbocycles. The van der Waals surface area contributed by atoms with Crippen molar-refractivity contribution in [2.45, 2.75) is 52.6 Å². The fourth-order valence-corrected chi connectivity index (χ4v) is 6.08. The standard InChI is InChI=1S/C35H38N6O3/c1-23-18-30-36-20-28-19-29(25-8-6-5-7-9-25)32(37-33(28)41(30)38-23)26-12-10-24(11-13-26)21-39-16-14-27(15-17-39)34(44)40(22-31(42)43)35(2,3)4/h5-13,18-20,27H,14-17,21-22H2,1-4H3,(H,42,43). The molecule has 1 aliphatic heterocycles. The molecule has 4 heterocycles. The molecule has 6 rings (SSSR count). The van der Waals surface area contributed by atoms with Gasteiger partial charge in [0.05, 0.1) is 11.4 Å². The second-order valence-corrected chi connectivity index (χ2v) is 12.7. The van der Waals surface area contributed by atoms with Crippen LogP contribution in [-0.2, 0) is 16.1 Å². The van der Waals surface area contributed by atoms with E-state index in [0.717, 1.165) is 77.2 Å². The number of aromatic nitrogens is 4. The number of carboxylic acids is 1. The molecule has 1 amide bonds. The van der Waals surface area contributed by atoms with Crippen LogP contribution < -0.4 is 0 Å². The van der Waals surface area contributed by atoms with E-state index in [1.165, 1.54) is 10.5 Å². The first-order chi connectivity index (χ1) is 21.1. The van der Waals surface area contributed by atoms with Crippen LogP contribution in [0.3, 0.4) is 0 Å². The molecule has 0 radical (unpaired) electrons. The largest absolute Gasteiger partial charge is 0.480 e. The monoisotopic (exact) mass is 590 g/mol. The van der Waals surface area contributed by atoms with Crippen LogP contribution in [0.5, 0.6) is 0 Å². The van der Waals surface area contributed by atoms with Gasteiger partial charge in [-0.25, -0.2) is 9.97 Å². The summed E-state index contributed by atoms with van der Waals surface area (Å²) < 4.78 is 1.81. The van der Waals surface area contributed by atoms with Gasteiger partial charge in [0.25, 0.3) is 0 Å². The molecule has 0 atom stereocenters. The van der Waals surface area contributed by atoms with Gasteiger partial charge in [-0.2, -0.15) is 9.61 Å². The molecule has 9 heteroatoms. The van der Waals surface area contributed by atoms with Crippen LogP contribution >= 0.6 is 0 Å². The second-order valence-electron chi connectivity index (χ2n) is 12.7. The number of likely N-dealkylation sites (tertiary alicyclic amines) is 1. The van der Waals surface area contributed by atoms with E-state index in [0.29, 0.717) is 0 Å². The summed E-state index contributed by atoms with van der Waals surface area (Å²) in [7, 11) is 0. The summed E-state index contributed by atoms with van der Waals surface area (Å²) in [6.45, 7) is 9.72. The number of carbonyl (C=O) groups excluding carboxylic acids is 1. The van der Waals surface area contributed by atoms with Crippen molar-refractivity contribution in [3.63, 3.8) is 0 Å². The Bertz CT molecular complexity index is 1820. The van der Waals surface area contributed by atoms with Crippen molar-refractivity contribution in [2.75, 3.05) is 19.6 Å². The molecule has 5 aromatic rings. The summed E-state index contributed by atoms with van der Waals surface area (Å²) in [6, 6.07) is 23.0. The fourth-order valence-electron chi connectivity index (χ4n) is 6.08. The highest BCUT2D eigenvalue weighted by atomic mass is 16.4. The number of aryl methyl sites for hydroxylation is 1. The summed E-state index contributed by atoms with van der Waals surface area (Å²) in [6.07, 6.45) is 3.31. The molecular weight excluding hydrogens is 552 g/mol. The van der Waals surface area contributed by atoms with Crippen LogP contribution in [-0.4, -0.2) is 71.5 Å². The van der Waals surface area contributed by atoms with Crippen LogP contribution in [0.25, 0.3) is 39.1 Å². The second kappa shape index (κ2) is 11.8. The summed E-state index contributed by atoms with van der Waals surface area (Å²) in [5, 5.41) is 14.9. The molecular formula is C35H38N6O3. The maximum atomic E-state index is 13.2. The molecule has 1 fully saturated rings. The molecule has 0 aliphatic carbocycles. The van der Waals surface area contributed by atoms with Crippen LogP contribution in [0.15, 0.2) is 72.9 Å². The van der Waals surface area contributed by atoms with E-state index >= 15 is 0 Å². The molecule has 226 valence electrons. The summed E-state index contributed by atoms with van der Waals surface area (Å²) in [4.78, 5) is 38.3. The molecule has 2 aromatic carbocycles. The lowest BCUT2D eigenvalue weighted by atomic mass is 9.92. The van der Waals surface area contributed by atoms with E-state index in [9.17, 15) is 14.7 Å². The summed E-state index contributed by atoms with van der Waals surface area (Å²) >= 11 is 0. The van der Waals surface area contributed by atoms with Gasteiger partial charge in [0, 0.05) is 46.8 Å². The molecule has 44 heavy (non-hydrogen) atoms. The van der Waals surface area contributed by atoms with E-state index in [2.05, 4.69) is 57.4 Å². The Morgan fingerprint density at radius 3 is 2.34 bits per heavy atom. The maximum absolute atomic E-state index is 13.2. The average Bonchev–Trinajstić information content (AvgIpc) is 3.40. The van der Waals surface area contributed by atoms with Gasteiger partial charge in [-0.1, -0.05) is 54.6 Å². The third-order valence-corrected chi connectivity index (χ3v) is 8.40. The van der Waals surface area contributed by atoms with Gasteiger partial charge in [-0.15, -0.1) is 0 Å². The van der Waals surface area contributed by atoms with Crippen LogP contribution in [0.4, 0.5) is 0 Å². The minimum atomic E-state index is -0.981. The van der Waals surface area contributed by atoms with Gasteiger partial charge in [0.15, 0.2) is 11.3 Å². The smallest absolute Gasteiger partial charge is 0.323 e. The zero-order chi connectivity index (χ0) is 31.0. The summed E-state index contributed by atoms with van der Waals surface area (Å²) in [5.74, 6) is -1.19. The third kappa shape index (κ3) is 6.05. The van der Waals surface area contributed by atoms with Crippen molar-refractivity contribution < 1.29 is 14.7 Å². The number of carboxylic acid groups (broad SMARTS) is 1. The predicted molar refractivity (Wildman–Crippen MR) is 171 cm³/mol. The first kappa shape index (κ1) is 29.4. The molecule has 0 spiro atoms. The number of carbonyl (C=O) groups is 2. The Kier molecular flexibility index (Phi) is 7.90.